The van der Waals surface area contributed by atoms with Gasteiger partial charge >= 0.3 is 18.5 Å². The van der Waals surface area contributed by atoms with Gasteiger partial charge in [0.05, 0.1) is 16.7 Å². The van der Waals surface area contributed by atoms with Crippen molar-refractivity contribution in [1.82, 2.24) is 10.2 Å². The smallest absolute Gasteiger partial charge is 0.420 e. The molecule has 0 radical (unpaired) electrons. The minimum atomic E-state index is -5.74. The summed E-state index contributed by atoms with van der Waals surface area (Å²) in [6.45, 7) is 0.483. The lowest BCUT2D eigenvalue weighted by molar-refractivity contribution is -0.164. The Hall–Kier alpha value is -4.81. The van der Waals surface area contributed by atoms with Gasteiger partial charge in [0.2, 0.25) is 5.88 Å². The van der Waals surface area contributed by atoms with Crippen molar-refractivity contribution in [3.63, 3.8) is 0 Å². The Balaban J connectivity index is 1.63. The van der Waals surface area contributed by atoms with E-state index in [-0.39, 0.29) is 22.2 Å². The molecule has 6 rings (SSSR count). The summed E-state index contributed by atoms with van der Waals surface area (Å²) in [5.41, 5.74) is -7.60. The molecule has 13 heteroatoms. The van der Waals surface area contributed by atoms with Gasteiger partial charge < -0.3 is 9.15 Å². The Bertz CT molecular complexity index is 2010. The molecule has 4 nitrogen and oxygen atoms in total. The number of nitrogens with zero attached hydrogens (tertiary/aromatic N) is 2. The SMILES string of the molecule is Cc1c(Oc2nnc(-c3cc4ccccc4o3)c3cc4ccccc4cc23)c(C(F)(F)F)cc(C(F)(F)F)c1C(F)(F)F. The minimum absolute atomic E-state index is 0.0325. The second-order valence-electron chi connectivity index (χ2n) is 9.64. The molecule has 0 fully saturated rings. The zero-order valence-electron chi connectivity index (χ0n) is 21.5. The fourth-order valence-corrected chi connectivity index (χ4v) is 5.00. The van der Waals surface area contributed by atoms with Crippen LogP contribution in [0.4, 0.5) is 39.5 Å². The van der Waals surface area contributed by atoms with Crippen LogP contribution in [0.25, 0.3) is 44.0 Å². The second-order valence-corrected chi connectivity index (χ2v) is 9.64. The summed E-state index contributed by atoms with van der Waals surface area (Å²) in [6, 6.07) is 18.0. The van der Waals surface area contributed by atoms with Gasteiger partial charge in [0, 0.05) is 21.7 Å². The molecule has 0 aliphatic heterocycles. The quantitative estimate of drug-likeness (QED) is 0.149. The van der Waals surface area contributed by atoms with Crippen molar-refractivity contribution >= 4 is 32.5 Å². The average molecular weight is 606 g/mol. The maximum Gasteiger partial charge on any atom is 0.420 e. The highest BCUT2D eigenvalue weighted by Crippen LogP contribution is 2.50. The van der Waals surface area contributed by atoms with Gasteiger partial charge in [-0.2, -0.15) is 39.5 Å². The Kier molecular flexibility index (Phi) is 6.33. The van der Waals surface area contributed by atoms with Crippen molar-refractivity contribution in [3.05, 3.63) is 95.1 Å². The molecule has 0 saturated heterocycles. The van der Waals surface area contributed by atoms with E-state index in [1.165, 1.54) is 6.07 Å². The number of aromatic nitrogens is 2. The zero-order valence-corrected chi connectivity index (χ0v) is 21.5. The highest BCUT2D eigenvalue weighted by Gasteiger charge is 2.49. The number of benzene rings is 4. The molecule has 0 spiro atoms. The molecule has 0 amide bonds. The van der Waals surface area contributed by atoms with Gasteiger partial charge in [-0.1, -0.05) is 42.5 Å². The predicted octanol–water partition coefficient (Wildman–Crippen LogP) is 10.4. The van der Waals surface area contributed by atoms with Crippen molar-refractivity contribution in [2.45, 2.75) is 25.5 Å². The molecule has 0 aliphatic carbocycles. The maximum absolute atomic E-state index is 14.1. The van der Waals surface area contributed by atoms with Gasteiger partial charge in [0.1, 0.15) is 17.0 Å². The Morgan fingerprint density at radius 1 is 0.628 bits per heavy atom. The van der Waals surface area contributed by atoms with E-state index >= 15 is 0 Å². The van der Waals surface area contributed by atoms with E-state index in [1.807, 2.05) is 0 Å². The lowest BCUT2D eigenvalue weighted by atomic mass is 9.95. The fourth-order valence-electron chi connectivity index (χ4n) is 5.00. The zero-order chi connectivity index (χ0) is 30.9. The summed E-state index contributed by atoms with van der Waals surface area (Å²) < 4.78 is 136. The first-order valence-corrected chi connectivity index (χ1v) is 12.4. The van der Waals surface area contributed by atoms with Gasteiger partial charge in [-0.25, -0.2) is 0 Å². The van der Waals surface area contributed by atoms with E-state index in [0.717, 1.165) is 0 Å². The van der Waals surface area contributed by atoms with Gasteiger partial charge in [0.15, 0.2) is 5.76 Å². The number of rotatable bonds is 3. The van der Waals surface area contributed by atoms with E-state index < -0.39 is 58.5 Å². The first kappa shape index (κ1) is 28.3. The molecule has 43 heavy (non-hydrogen) atoms. The van der Waals surface area contributed by atoms with Crippen LogP contribution in [0.2, 0.25) is 0 Å². The summed E-state index contributed by atoms with van der Waals surface area (Å²) in [6.07, 6.45) is -16.9. The average Bonchev–Trinajstić information content (AvgIpc) is 3.35. The molecule has 0 aliphatic rings. The standard InChI is InChI=1S/C30H15F9N2O2/c1-14-24(30(37,38)39)20(28(31,32)33)13-21(29(34,35)36)26(14)43-27-19-11-16-7-3-2-6-15(16)10-18(19)25(40-41-27)23-12-17-8-4-5-9-22(17)42-23/h2-13H,1H3. The van der Waals surface area contributed by atoms with Crippen LogP contribution in [0, 0.1) is 6.92 Å². The lowest BCUT2D eigenvalue weighted by Crippen LogP contribution is -2.21. The summed E-state index contributed by atoms with van der Waals surface area (Å²) in [5.74, 6) is -1.89. The molecule has 0 unspecified atom stereocenters. The van der Waals surface area contributed by atoms with Crippen LogP contribution < -0.4 is 4.74 Å². The molecule has 0 bridgehead atoms. The van der Waals surface area contributed by atoms with Crippen LogP contribution in [0.15, 0.2) is 77.2 Å². The van der Waals surface area contributed by atoms with Crippen LogP contribution in [0.3, 0.4) is 0 Å². The number of furan rings is 1. The summed E-state index contributed by atoms with van der Waals surface area (Å²) >= 11 is 0. The number of halogens is 9. The second kappa shape index (κ2) is 9.61. The molecule has 4 aromatic carbocycles. The molecule has 2 aromatic heterocycles. The van der Waals surface area contributed by atoms with Gasteiger partial charge in [-0.3, -0.25) is 0 Å². The third kappa shape index (κ3) is 4.98. The molecule has 2 heterocycles. The number of ether oxygens (including phenoxy) is 1. The van der Waals surface area contributed by atoms with Crippen LogP contribution in [-0.2, 0) is 18.5 Å². The Morgan fingerprint density at radius 3 is 1.79 bits per heavy atom. The maximum atomic E-state index is 14.1. The normalized spacial score (nSPS) is 12.9. The summed E-state index contributed by atoms with van der Waals surface area (Å²) in [5, 5.41) is 10.2. The number of alkyl halides is 9. The van der Waals surface area contributed by atoms with E-state index in [9.17, 15) is 39.5 Å². The van der Waals surface area contributed by atoms with E-state index in [4.69, 9.17) is 9.15 Å². The van der Waals surface area contributed by atoms with Crippen molar-refractivity contribution < 1.29 is 48.7 Å². The van der Waals surface area contributed by atoms with Crippen molar-refractivity contribution in [1.29, 1.82) is 0 Å². The predicted molar refractivity (Wildman–Crippen MR) is 139 cm³/mol. The third-order valence-corrected chi connectivity index (χ3v) is 6.88. The fraction of sp³-hybridized carbons (Fsp3) is 0.133. The molecule has 6 aromatic rings. The molecule has 220 valence electrons. The first-order valence-electron chi connectivity index (χ1n) is 12.4. The van der Waals surface area contributed by atoms with Crippen molar-refractivity contribution in [2.75, 3.05) is 0 Å². The number of fused-ring (bicyclic) bond motifs is 3. The number of para-hydroxylation sites is 1. The van der Waals surface area contributed by atoms with E-state index in [0.29, 0.717) is 28.7 Å². The summed E-state index contributed by atoms with van der Waals surface area (Å²) in [7, 11) is 0. The van der Waals surface area contributed by atoms with Crippen LogP contribution in [0.1, 0.15) is 22.3 Å². The monoisotopic (exact) mass is 606 g/mol. The van der Waals surface area contributed by atoms with Gasteiger partial charge in [-0.05, 0) is 48.0 Å². The third-order valence-electron chi connectivity index (χ3n) is 6.88. The highest BCUT2D eigenvalue weighted by molar-refractivity contribution is 6.05. The van der Waals surface area contributed by atoms with E-state index in [2.05, 4.69) is 10.2 Å². The minimum Gasteiger partial charge on any atom is -0.454 e. The molecular weight excluding hydrogens is 591 g/mol. The summed E-state index contributed by atoms with van der Waals surface area (Å²) in [4.78, 5) is 0. The molecule has 0 N–H and O–H groups in total. The molecular formula is C30H15F9N2O2. The van der Waals surface area contributed by atoms with E-state index in [1.54, 1.807) is 60.7 Å². The number of hydrogen-bond donors (Lipinski definition) is 0. The molecule has 0 saturated carbocycles. The molecule has 0 atom stereocenters. The lowest BCUT2D eigenvalue weighted by Gasteiger charge is -2.24. The number of hydrogen-bond acceptors (Lipinski definition) is 4. The van der Waals surface area contributed by atoms with Crippen LogP contribution in [-0.4, -0.2) is 10.2 Å². The van der Waals surface area contributed by atoms with Gasteiger partial charge in [-0.15, -0.1) is 10.2 Å². The van der Waals surface area contributed by atoms with Gasteiger partial charge in [0.25, 0.3) is 0 Å². The Labute approximate surface area is 235 Å². The topological polar surface area (TPSA) is 48.2 Å². The van der Waals surface area contributed by atoms with Crippen LogP contribution >= 0.6 is 0 Å². The van der Waals surface area contributed by atoms with Crippen molar-refractivity contribution in [3.8, 4) is 23.1 Å². The van der Waals surface area contributed by atoms with Crippen molar-refractivity contribution in [2.24, 2.45) is 0 Å². The largest absolute Gasteiger partial charge is 0.454 e. The highest BCUT2D eigenvalue weighted by atomic mass is 19.4. The van der Waals surface area contributed by atoms with Crippen LogP contribution in [0.5, 0.6) is 11.6 Å². The first-order chi connectivity index (χ1) is 20.1. The Morgan fingerprint density at radius 2 is 1.21 bits per heavy atom.